The summed E-state index contributed by atoms with van der Waals surface area (Å²) in [4.78, 5) is 28.0. The third kappa shape index (κ3) is 4.24. The van der Waals surface area contributed by atoms with Gasteiger partial charge in [0.1, 0.15) is 12.4 Å². The van der Waals surface area contributed by atoms with Crippen LogP contribution >= 0.6 is 0 Å². The van der Waals surface area contributed by atoms with Crippen molar-refractivity contribution in [3.8, 4) is 0 Å². The molecule has 3 N–H and O–H groups in total. The van der Waals surface area contributed by atoms with Crippen LogP contribution in [0.15, 0.2) is 40.0 Å². The van der Waals surface area contributed by atoms with Gasteiger partial charge in [0.25, 0.3) is 5.56 Å². The Balaban J connectivity index is 2.13. The number of hydrogen-bond donors (Lipinski definition) is 2. The Labute approximate surface area is 133 Å². The molecule has 0 radical (unpaired) electrons. The van der Waals surface area contributed by atoms with Gasteiger partial charge in [0, 0.05) is 17.4 Å². The van der Waals surface area contributed by atoms with E-state index in [0.29, 0.717) is 17.2 Å². The predicted molar refractivity (Wildman–Crippen MR) is 84.4 cm³/mol. The second-order valence-electron chi connectivity index (χ2n) is 4.99. The highest BCUT2D eigenvalue weighted by molar-refractivity contribution is 7.89. The third-order valence-corrected chi connectivity index (χ3v) is 4.02. The van der Waals surface area contributed by atoms with E-state index in [1.165, 1.54) is 34.9 Å². The molecule has 122 valence electrons. The molecule has 1 heterocycles. The smallest absolute Gasteiger partial charge is 0.254 e. The van der Waals surface area contributed by atoms with E-state index in [1.807, 2.05) is 0 Å². The number of nitrogens with two attached hydrogens (primary N) is 1. The van der Waals surface area contributed by atoms with Crippen LogP contribution in [-0.4, -0.2) is 23.9 Å². The molecule has 0 bridgehead atoms. The first-order valence-electron chi connectivity index (χ1n) is 6.64. The van der Waals surface area contributed by atoms with E-state index in [1.54, 1.807) is 13.8 Å². The highest BCUT2D eigenvalue weighted by Gasteiger charge is 2.10. The molecule has 1 aromatic carbocycles. The topological polar surface area (TPSA) is 124 Å². The van der Waals surface area contributed by atoms with Crippen molar-refractivity contribution in [3.63, 3.8) is 0 Å². The molecule has 1 aromatic heterocycles. The van der Waals surface area contributed by atoms with Crippen LogP contribution < -0.4 is 16.0 Å². The van der Waals surface area contributed by atoms with Crippen LogP contribution in [0.1, 0.15) is 11.5 Å². The van der Waals surface area contributed by atoms with Gasteiger partial charge in [-0.1, -0.05) is 0 Å². The lowest BCUT2D eigenvalue weighted by molar-refractivity contribution is -0.116. The van der Waals surface area contributed by atoms with E-state index in [4.69, 9.17) is 5.14 Å². The summed E-state index contributed by atoms with van der Waals surface area (Å²) in [6, 6.07) is 6.76. The van der Waals surface area contributed by atoms with Gasteiger partial charge in [-0.3, -0.25) is 14.2 Å². The predicted octanol–water partition coefficient (Wildman–Crippen LogP) is 0.146. The lowest BCUT2D eigenvalue weighted by Crippen LogP contribution is -2.30. The molecular formula is C14H16N4O4S. The second-order valence-corrected chi connectivity index (χ2v) is 6.55. The average molecular weight is 336 g/mol. The van der Waals surface area contributed by atoms with E-state index >= 15 is 0 Å². The van der Waals surface area contributed by atoms with Gasteiger partial charge in [-0.05, 0) is 38.1 Å². The molecule has 0 aliphatic heterocycles. The third-order valence-electron chi connectivity index (χ3n) is 3.10. The minimum absolute atomic E-state index is 0.0507. The quantitative estimate of drug-likeness (QED) is 0.822. The van der Waals surface area contributed by atoms with Crippen molar-refractivity contribution in [1.29, 1.82) is 0 Å². The number of nitrogens with one attached hydrogen (secondary N) is 1. The Hall–Kier alpha value is -2.52. The maximum absolute atomic E-state index is 12.0. The summed E-state index contributed by atoms with van der Waals surface area (Å²) in [5.74, 6) is 0.0129. The van der Waals surface area contributed by atoms with Gasteiger partial charge in [-0.25, -0.2) is 18.5 Å². The number of aryl methyl sites for hydroxylation is 2. The number of sulfonamides is 1. The van der Waals surface area contributed by atoms with Gasteiger partial charge in [0.15, 0.2) is 0 Å². The number of carbonyl (C=O) groups is 1. The lowest BCUT2D eigenvalue weighted by atomic mass is 10.3. The Bertz CT molecular complexity index is 901. The molecule has 0 saturated heterocycles. The van der Waals surface area contributed by atoms with E-state index < -0.39 is 15.9 Å². The molecule has 0 aliphatic carbocycles. The number of rotatable bonds is 4. The van der Waals surface area contributed by atoms with Crippen LogP contribution in [0, 0.1) is 13.8 Å². The fourth-order valence-corrected chi connectivity index (χ4v) is 2.54. The normalized spacial score (nSPS) is 11.3. The van der Waals surface area contributed by atoms with Crippen molar-refractivity contribution in [3.05, 3.63) is 52.2 Å². The van der Waals surface area contributed by atoms with Crippen molar-refractivity contribution >= 4 is 21.6 Å². The number of aromatic nitrogens is 2. The lowest BCUT2D eigenvalue weighted by Gasteiger charge is -2.10. The molecule has 2 aromatic rings. The molecule has 0 unspecified atom stereocenters. The van der Waals surface area contributed by atoms with Gasteiger partial charge >= 0.3 is 0 Å². The molecule has 0 aliphatic rings. The zero-order valence-corrected chi connectivity index (χ0v) is 13.4. The van der Waals surface area contributed by atoms with Crippen LogP contribution in [0.25, 0.3) is 0 Å². The van der Waals surface area contributed by atoms with Crippen molar-refractivity contribution in [2.75, 3.05) is 5.32 Å². The molecule has 1 amide bonds. The first-order valence-corrected chi connectivity index (χ1v) is 8.19. The summed E-state index contributed by atoms with van der Waals surface area (Å²) < 4.78 is 23.6. The highest BCUT2D eigenvalue weighted by Crippen LogP contribution is 2.12. The number of benzene rings is 1. The Morgan fingerprint density at radius 2 is 1.87 bits per heavy atom. The molecular weight excluding hydrogens is 320 g/mol. The highest BCUT2D eigenvalue weighted by atomic mass is 32.2. The number of nitrogens with zero attached hydrogens (tertiary/aromatic N) is 2. The summed E-state index contributed by atoms with van der Waals surface area (Å²) in [5, 5.41) is 7.57. The van der Waals surface area contributed by atoms with Crippen LogP contribution in [0.5, 0.6) is 0 Å². The Morgan fingerprint density at radius 1 is 1.26 bits per heavy atom. The maximum atomic E-state index is 12.0. The van der Waals surface area contributed by atoms with Crippen LogP contribution in [-0.2, 0) is 21.4 Å². The molecule has 8 nitrogen and oxygen atoms in total. The van der Waals surface area contributed by atoms with E-state index in [2.05, 4.69) is 10.3 Å². The molecule has 0 fully saturated rings. The first kappa shape index (κ1) is 16.8. The minimum atomic E-state index is -3.78. The number of carbonyl (C=O) groups excluding carboxylic acids is 1. The second kappa shape index (κ2) is 6.31. The van der Waals surface area contributed by atoms with Gasteiger partial charge < -0.3 is 5.32 Å². The fraction of sp³-hybridized carbons (Fsp3) is 0.214. The average Bonchev–Trinajstić information content (AvgIpc) is 2.42. The number of anilines is 1. The first-order chi connectivity index (χ1) is 10.7. The molecule has 0 spiro atoms. The molecule has 0 saturated carbocycles. The van der Waals surface area contributed by atoms with Crippen molar-refractivity contribution < 1.29 is 13.2 Å². The molecule has 23 heavy (non-hydrogen) atoms. The molecule has 2 rings (SSSR count). The number of amides is 1. The van der Waals surface area contributed by atoms with Gasteiger partial charge in [-0.2, -0.15) is 0 Å². The fourth-order valence-electron chi connectivity index (χ4n) is 2.03. The van der Waals surface area contributed by atoms with Gasteiger partial charge in [-0.15, -0.1) is 0 Å². The van der Waals surface area contributed by atoms with E-state index in [0.717, 1.165) is 0 Å². The minimum Gasteiger partial charge on any atom is -0.325 e. The summed E-state index contributed by atoms with van der Waals surface area (Å²) >= 11 is 0. The van der Waals surface area contributed by atoms with Crippen molar-refractivity contribution in [2.45, 2.75) is 25.3 Å². The number of hydrogen-bond acceptors (Lipinski definition) is 5. The zero-order valence-electron chi connectivity index (χ0n) is 12.6. The van der Waals surface area contributed by atoms with E-state index in [-0.39, 0.29) is 17.0 Å². The Kier molecular flexibility index (Phi) is 4.62. The SMILES string of the molecule is Cc1cc(=O)n(CC(=O)Nc2ccc(S(N)(=O)=O)cc2)c(C)n1. The largest absolute Gasteiger partial charge is 0.325 e. The molecule has 0 atom stereocenters. The monoisotopic (exact) mass is 336 g/mol. The molecule has 9 heteroatoms. The standard InChI is InChI=1S/C14H16N4O4S/c1-9-7-14(20)18(10(2)16-9)8-13(19)17-11-3-5-12(6-4-11)23(15,21)22/h3-7H,8H2,1-2H3,(H,17,19)(H2,15,21,22). The zero-order chi connectivity index (χ0) is 17.2. The van der Waals surface area contributed by atoms with Crippen LogP contribution in [0.3, 0.4) is 0 Å². The summed E-state index contributed by atoms with van der Waals surface area (Å²) in [7, 11) is -3.78. The summed E-state index contributed by atoms with van der Waals surface area (Å²) in [5.41, 5.74) is 0.672. The van der Waals surface area contributed by atoms with Crippen LogP contribution in [0.2, 0.25) is 0 Å². The van der Waals surface area contributed by atoms with Gasteiger partial charge in [0.2, 0.25) is 15.9 Å². The van der Waals surface area contributed by atoms with Crippen molar-refractivity contribution in [1.82, 2.24) is 9.55 Å². The Morgan fingerprint density at radius 3 is 2.39 bits per heavy atom. The summed E-state index contributed by atoms with van der Waals surface area (Å²) in [6.45, 7) is 3.16. The van der Waals surface area contributed by atoms with E-state index in [9.17, 15) is 18.0 Å². The maximum Gasteiger partial charge on any atom is 0.254 e. The van der Waals surface area contributed by atoms with Gasteiger partial charge in [0.05, 0.1) is 4.90 Å². The van der Waals surface area contributed by atoms with Crippen LogP contribution in [0.4, 0.5) is 5.69 Å². The van der Waals surface area contributed by atoms with Crippen molar-refractivity contribution in [2.24, 2.45) is 5.14 Å². The number of primary sulfonamides is 1. The summed E-state index contributed by atoms with van der Waals surface area (Å²) in [6.07, 6.45) is 0.